The van der Waals surface area contributed by atoms with Crippen molar-refractivity contribution >= 4 is 5.91 Å². The minimum atomic E-state index is -0.0000939. The number of hydrogen-bond acceptors (Lipinski definition) is 4. The third-order valence-corrected chi connectivity index (χ3v) is 5.75. The van der Waals surface area contributed by atoms with Crippen molar-refractivity contribution in [3.8, 4) is 11.5 Å². The van der Waals surface area contributed by atoms with Crippen LogP contribution in [0.2, 0.25) is 0 Å². The Labute approximate surface area is 166 Å². The van der Waals surface area contributed by atoms with Gasteiger partial charge in [-0.05, 0) is 42.0 Å². The third-order valence-electron chi connectivity index (χ3n) is 5.75. The van der Waals surface area contributed by atoms with Gasteiger partial charge in [-0.15, -0.1) is 0 Å². The van der Waals surface area contributed by atoms with Crippen LogP contribution in [0.3, 0.4) is 0 Å². The molecule has 28 heavy (non-hydrogen) atoms. The molecule has 1 amide bonds. The second-order valence-corrected chi connectivity index (χ2v) is 7.56. The summed E-state index contributed by atoms with van der Waals surface area (Å²) < 4.78 is 16.3. The van der Waals surface area contributed by atoms with Gasteiger partial charge in [0, 0.05) is 39.1 Å². The molecule has 0 N–H and O–H groups in total. The van der Waals surface area contributed by atoms with E-state index in [-0.39, 0.29) is 18.6 Å². The number of ether oxygens (including phenoxy) is 3. The fraction of sp³-hybridized carbons (Fsp3) is 0.435. The van der Waals surface area contributed by atoms with Gasteiger partial charge in [-0.3, -0.25) is 4.79 Å². The lowest BCUT2D eigenvalue weighted by molar-refractivity contribution is -0.133. The van der Waals surface area contributed by atoms with E-state index in [1.807, 2.05) is 41.3 Å². The largest absolute Gasteiger partial charge is 0.454 e. The Balaban J connectivity index is 1.51. The lowest BCUT2D eigenvalue weighted by atomic mass is 9.87. The summed E-state index contributed by atoms with van der Waals surface area (Å²) in [5.41, 5.74) is 2.22. The van der Waals surface area contributed by atoms with Crippen LogP contribution in [0.25, 0.3) is 0 Å². The molecule has 2 heterocycles. The van der Waals surface area contributed by atoms with Crippen molar-refractivity contribution in [2.45, 2.75) is 25.2 Å². The second kappa shape index (κ2) is 8.65. The third kappa shape index (κ3) is 4.14. The van der Waals surface area contributed by atoms with Crippen molar-refractivity contribution in [2.75, 3.05) is 33.6 Å². The zero-order valence-electron chi connectivity index (χ0n) is 16.3. The van der Waals surface area contributed by atoms with Crippen LogP contribution in [-0.2, 0) is 9.53 Å². The molecule has 5 heteroatoms. The van der Waals surface area contributed by atoms with E-state index < -0.39 is 0 Å². The molecule has 5 nitrogen and oxygen atoms in total. The molecule has 2 aliphatic heterocycles. The predicted octanol–water partition coefficient (Wildman–Crippen LogP) is 3.82. The number of carbonyl (C=O) groups excluding carboxylic acids is 1. The number of nitrogens with zero attached hydrogens (tertiary/aromatic N) is 1. The van der Waals surface area contributed by atoms with E-state index in [1.165, 1.54) is 0 Å². The fourth-order valence-corrected chi connectivity index (χ4v) is 4.13. The van der Waals surface area contributed by atoms with Crippen LogP contribution >= 0.6 is 0 Å². The van der Waals surface area contributed by atoms with Crippen molar-refractivity contribution in [2.24, 2.45) is 5.92 Å². The summed E-state index contributed by atoms with van der Waals surface area (Å²) in [6.07, 6.45) is 2.48. The van der Waals surface area contributed by atoms with Crippen molar-refractivity contribution in [3.63, 3.8) is 0 Å². The van der Waals surface area contributed by atoms with Crippen LogP contribution in [-0.4, -0.2) is 44.4 Å². The molecule has 0 spiro atoms. The maximum Gasteiger partial charge on any atom is 0.231 e. The number of piperidine rings is 1. The molecule has 2 aromatic rings. The summed E-state index contributed by atoms with van der Waals surface area (Å²) in [6, 6.07) is 16.2. The summed E-state index contributed by atoms with van der Waals surface area (Å²) in [6.45, 7) is 2.67. The smallest absolute Gasteiger partial charge is 0.231 e. The van der Waals surface area contributed by atoms with Gasteiger partial charge in [-0.1, -0.05) is 36.4 Å². The van der Waals surface area contributed by atoms with E-state index in [0.717, 1.165) is 55.2 Å². The number of rotatable bonds is 6. The molecule has 0 radical (unpaired) electrons. The van der Waals surface area contributed by atoms with Gasteiger partial charge < -0.3 is 19.1 Å². The summed E-state index contributed by atoms with van der Waals surface area (Å²) in [5, 5.41) is 0. The zero-order chi connectivity index (χ0) is 19.3. The van der Waals surface area contributed by atoms with Crippen LogP contribution in [0, 0.1) is 5.92 Å². The molecule has 1 atom stereocenters. The van der Waals surface area contributed by atoms with Gasteiger partial charge in [0.25, 0.3) is 0 Å². The van der Waals surface area contributed by atoms with Gasteiger partial charge in [0.2, 0.25) is 12.7 Å². The van der Waals surface area contributed by atoms with E-state index in [1.54, 1.807) is 7.11 Å². The summed E-state index contributed by atoms with van der Waals surface area (Å²) in [4.78, 5) is 15.1. The number of carbonyl (C=O) groups is 1. The number of methoxy groups -OCH3 is 1. The molecule has 4 rings (SSSR count). The standard InChI is InChI=1S/C23H27NO4/c1-26-15-17-9-11-24(12-10-17)23(25)14-20(18-5-3-2-4-6-18)19-7-8-21-22(13-19)28-16-27-21/h2-8,13,17,20H,9-12,14-16H2,1H3/t20-/m1/s1. The highest BCUT2D eigenvalue weighted by Crippen LogP contribution is 2.38. The Morgan fingerprint density at radius 1 is 1.07 bits per heavy atom. The van der Waals surface area contributed by atoms with Gasteiger partial charge >= 0.3 is 0 Å². The lowest BCUT2D eigenvalue weighted by Gasteiger charge is -2.33. The number of hydrogen-bond donors (Lipinski definition) is 0. The van der Waals surface area contributed by atoms with Crippen molar-refractivity contribution in [3.05, 3.63) is 59.7 Å². The monoisotopic (exact) mass is 381 g/mol. The maximum atomic E-state index is 13.1. The van der Waals surface area contributed by atoms with Crippen LogP contribution in [0.1, 0.15) is 36.3 Å². The molecule has 1 fully saturated rings. The van der Waals surface area contributed by atoms with E-state index in [4.69, 9.17) is 14.2 Å². The second-order valence-electron chi connectivity index (χ2n) is 7.56. The van der Waals surface area contributed by atoms with Gasteiger partial charge in [0.15, 0.2) is 11.5 Å². The van der Waals surface area contributed by atoms with Crippen molar-refractivity contribution < 1.29 is 19.0 Å². The highest BCUT2D eigenvalue weighted by molar-refractivity contribution is 5.78. The lowest BCUT2D eigenvalue weighted by Crippen LogP contribution is -2.39. The Morgan fingerprint density at radius 2 is 1.82 bits per heavy atom. The van der Waals surface area contributed by atoms with Crippen molar-refractivity contribution in [1.29, 1.82) is 0 Å². The first-order chi connectivity index (χ1) is 13.7. The number of fused-ring (bicyclic) bond motifs is 1. The number of amides is 1. The van der Waals surface area contributed by atoms with Crippen LogP contribution in [0.15, 0.2) is 48.5 Å². The van der Waals surface area contributed by atoms with Gasteiger partial charge in [0.1, 0.15) is 0 Å². The Morgan fingerprint density at radius 3 is 2.57 bits per heavy atom. The minimum absolute atomic E-state index is 0.0000939. The van der Waals surface area contributed by atoms with Crippen LogP contribution < -0.4 is 9.47 Å². The summed E-state index contributed by atoms with van der Waals surface area (Å²) in [5.74, 6) is 2.29. The molecule has 2 aliphatic rings. The highest BCUT2D eigenvalue weighted by Gasteiger charge is 2.27. The maximum absolute atomic E-state index is 13.1. The normalized spacial score (nSPS) is 17.5. The first-order valence-corrected chi connectivity index (χ1v) is 9.96. The molecule has 0 unspecified atom stereocenters. The first-order valence-electron chi connectivity index (χ1n) is 9.96. The topological polar surface area (TPSA) is 48.0 Å². The zero-order valence-corrected chi connectivity index (χ0v) is 16.3. The average Bonchev–Trinajstić information content (AvgIpc) is 3.21. The van der Waals surface area contributed by atoms with E-state index in [0.29, 0.717) is 12.3 Å². The highest BCUT2D eigenvalue weighted by atomic mass is 16.7. The Kier molecular flexibility index (Phi) is 5.81. The molecule has 0 aliphatic carbocycles. The number of likely N-dealkylation sites (tertiary alicyclic amines) is 1. The molecular weight excluding hydrogens is 354 g/mol. The summed E-state index contributed by atoms with van der Waals surface area (Å²) in [7, 11) is 1.74. The summed E-state index contributed by atoms with van der Waals surface area (Å²) >= 11 is 0. The van der Waals surface area contributed by atoms with Crippen molar-refractivity contribution in [1.82, 2.24) is 4.90 Å². The Bertz CT molecular complexity index is 800. The number of benzene rings is 2. The van der Waals surface area contributed by atoms with Gasteiger partial charge in [0.05, 0.1) is 0 Å². The van der Waals surface area contributed by atoms with Crippen LogP contribution in [0.4, 0.5) is 0 Å². The SMILES string of the molecule is COCC1CCN(C(=O)C[C@H](c2ccccc2)c2ccc3c(c2)OCO3)CC1. The molecule has 0 saturated carbocycles. The average molecular weight is 381 g/mol. The first kappa shape index (κ1) is 18.8. The van der Waals surface area contributed by atoms with Crippen LogP contribution in [0.5, 0.6) is 11.5 Å². The van der Waals surface area contributed by atoms with Gasteiger partial charge in [-0.25, -0.2) is 0 Å². The van der Waals surface area contributed by atoms with E-state index >= 15 is 0 Å². The van der Waals surface area contributed by atoms with Gasteiger partial charge in [-0.2, -0.15) is 0 Å². The predicted molar refractivity (Wildman–Crippen MR) is 107 cm³/mol. The molecule has 1 saturated heterocycles. The fourth-order valence-electron chi connectivity index (χ4n) is 4.13. The molecular formula is C23H27NO4. The minimum Gasteiger partial charge on any atom is -0.454 e. The Hall–Kier alpha value is -2.53. The molecule has 2 aromatic carbocycles. The van der Waals surface area contributed by atoms with E-state index in [2.05, 4.69) is 12.1 Å². The molecule has 0 bridgehead atoms. The van der Waals surface area contributed by atoms with E-state index in [9.17, 15) is 4.79 Å². The molecule has 148 valence electrons. The quantitative estimate of drug-likeness (QED) is 0.763. The molecule has 0 aromatic heterocycles.